The highest BCUT2D eigenvalue weighted by atomic mass is 19.1. The molecule has 1 heterocycles. The number of rotatable bonds is 4. The Hall–Kier alpha value is -2.63. The van der Waals surface area contributed by atoms with E-state index in [0.29, 0.717) is 5.82 Å². The van der Waals surface area contributed by atoms with Gasteiger partial charge in [0.05, 0.1) is 11.9 Å². The zero-order valence-corrected chi connectivity index (χ0v) is 11.9. The van der Waals surface area contributed by atoms with E-state index in [1.165, 1.54) is 12.1 Å². The molecule has 0 aliphatic heterocycles. The third kappa shape index (κ3) is 4.76. The molecule has 0 bridgehead atoms. The molecule has 0 spiro atoms. The minimum absolute atomic E-state index is 0.0596. The first-order valence-corrected chi connectivity index (χ1v) is 6.59. The minimum Gasteiger partial charge on any atom is -0.354 e. The summed E-state index contributed by atoms with van der Waals surface area (Å²) >= 11 is 0. The first-order valence-electron chi connectivity index (χ1n) is 6.59. The molecule has 3 N–H and O–H groups in total. The van der Waals surface area contributed by atoms with Crippen molar-refractivity contribution in [1.29, 1.82) is 0 Å². The average molecular weight is 288 g/mol. The van der Waals surface area contributed by atoms with Gasteiger partial charge in [-0.15, -0.1) is 0 Å². The molecular weight excluding hydrogens is 271 g/mol. The number of hydrogen-bond donors (Lipinski definition) is 3. The number of hydrogen-bond acceptors (Lipinski definition) is 3. The summed E-state index contributed by atoms with van der Waals surface area (Å²) in [5.41, 5.74) is 1.51. The van der Waals surface area contributed by atoms with Gasteiger partial charge in [0.25, 0.3) is 0 Å². The Balaban J connectivity index is 1.95. The summed E-state index contributed by atoms with van der Waals surface area (Å²) in [6.45, 7) is 3.76. The fourth-order valence-electron chi connectivity index (χ4n) is 1.66. The van der Waals surface area contributed by atoms with E-state index in [2.05, 4.69) is 20.9 Å². The van der Waals surface area contributed by atoms with Crippen LogP contribution >= 0.6 is 0 Å². The molecule has 0 saturated carbocycles. The van der Waals surface area contributed by atoms with Crippen molar-refractivity contribution in [2.45, 2.75) is 19.9 Å². The number of anilines is 3. The SMILES string of the molecule is CC(C)NC(=O)Nc1ccc(Nc2ccc(F)cc2)cn1. The fraction of sp³-hybridized carbons (Fsp3) is 0.200. The largest absolute Gasteiger partial charge is 0.354 e. The lowest BCUT2D eigenvalue weighted by Gasteiger charge is -2.10. The third-order valence-corrected chi connectivity index (χ3v) is 2.56. The maximum Gasteiger partial charge on any atom is 0.320 e. The number of benzene rings is 1. The molecule has 0 atom stereocenters. The van der Waals surface area contributed by atoms with Crippen LogP contribution in [0.1, 0.15) is 13.8 Å². The van der Waals surface area contributed by atoms with Gasteiger partial charge >= 0.3 is 6.03 Å². The van der Waals surface area contributed by atoms with Crippen LogP contribution in [0.2, 0.25) is 0 Å². The maximum absolute atomic E-state index is 12.8. The highest BCUT2D eigenvalue weighted by Gasteiger charge is 2.04. The lowest BCUT2D eigenvalue weighted by molar-refractivity contribution is 0.250. The fourth-order valence-corrected chi connectivity index (χ4v) is 1.66. The lowest BCUT2D eigenvalue weighted by atomic mass is 10.3. The van der Waals surface area contributed by atoms with Crippen LogP contribution in [0.4, 0.5) is 26.4 Å². The Bertz CT molecular complexity index is 596. The molecule has 110 valence electrons. The number of carbonyl (C=O) groups excluding carboxylic acids is 1. The zero-order valence-electron chi connectivity index (χ0n) is 11.9. The molecule has 21 heavy (non-hydrogen) atoms. The first kappa shape index (κ1) is 14.8. The highest BCUT2D eigenvalue weighted by molar-refractivity contribution is 5.88. The molecule has 2 aromatic rings. The topological polar surface area (TPSA) is 66.1 Å². The van der Waals surface area contributed by atoms with Crippen molar-refractivity contribution in [1.82, 2.24) is 10.3 Å². The third-order valence-electron chi connectivity index (χ3n) is 2.56. The Kier molecular flexibility index (Phi) is 4.71. The summed E-state index contributed by atoms with van der Waals surface area (Å²) < 4.78 is 12.8. The standard InChI is InChI=1S/C15H17FN4O/c1-10(2)18-15(21)20-14-8-7-13(9-17-14)19-12-5-3-11(16)4-6-12/h3-10,19H,1-2H3,(H2,17,18,20,21). The van der Waals surface area contributed by atoms with Crippen LogP contribution in [0.5, 0.6) is 0 Å². The summed E-state index contributed by atoms with van der Waals surface area (Å²) in [4.78, 5) is 15.6. The quantitative estimate of drug-likeness (QED) is 0.806. The molecule has 5 nitrogen and oxygen atoms in total. The Labute approximate surface area is 122 Å². The Morgan fingerprint density at radius 2 is 1.76 bits per heavy atom. The molecule has 0 radical (unpaired) electrons. The van der Waals surface area contributed by atoms with Crippen molar-refractivity contribution < 1.29 is 9.18 Å². The maximum atomic E-state index is 12.8. The van der Waals surface area contributed by atoms with Crippen molar-refractivity contribution in [2.24, 2.45) is 0 Å². The molecule has 6 heteroatoms. The summed E-state index contributed by atoms with van der Waals surface area (Å²) in [7, 11) is 0. The van der Waals surface area contributed by atoms with Crippen molar-refractivity contribution in [3.05, 3.63) is 48.4 Å². The predicted octanol–water partition coefficient (Wildman–Crippen LogP) is 3.49. The van der Waals surface area contributed by atoms with Gasteiger partial charge in [0.2, 0.25) is 0 Å². The highest BCUT2D eigenvalue weighted by Crippen LogP contribution is 2.17. The molecule has 0 saturated heterocycles. The van der Waals surface area contributed by atoms with Gasteiger partial charge in [-0.25, -0.2) is 14.2 Å². The minimum atomic E-state index is -0.295. The van der Waals surface area contributed by atoms with Crippen LogP contribution in [0.25, 0.3) is 0 Å². The Morgan fingerprint density at radius 1 is 1.10 bits per heavy atom. The van der Waals surface area contributed by atoms with E-state index in [0.717, 1.165) is 11.4 Å². The van der Waals surface area contributed by atoms with Gasteiger partial charge in [-0.05, 0) is 50.2 Å². The summed E-state index contributed by atoms with van der Waals surface area (Å²) in [6.07, 6.45) is 1.59. The number of nitrogens with one attached hydrogen (secondary N) is 3. The first-order chi connectivity index (χ1) is 10.0. The molecule has 1 aromatic carbocycles. The number of aromatic nitrogens is 1. The van der Waals surface area contributed by atoms with E-state index in [1.807, 2.05) is 13.8 Å². The number of carbonyl (C=O) groups is 1. The molecule has 2 rings (SSSR count). The monoisotopic (exact) mass is 288 g/mol. The zero-order chi connectivity index (χ0) is 15.2. The van der Waals surface area contributed by atoms with Gasteiger partial charge in [0, 0.05) is 11.7 Å². The number of nitrogens with zero attached hydrogens (tertiary/aromatic N) is 1. The van der Waals surface area contributed by atoms with E-state index in [1.54, 1.807) is 30.5 Å². The summed E-state index contributed by atoms with van der Waals surface area (Å²) in [6, 6.07) is 9.26. The molecular formula is C15H17FN4O. The number of pyridine rings is 1. The van der Waals surface area contributed by atoms with Gasteiger partial charge < -0.3 is 10.6 Å². The molecule has 1 aromatic heterocycles. The number of urea groups is 1. The van der Waals surface area contributed by atoms with Crippen LogP contribution in [0, 0.1) is 5.82 Å². The van der Waals surface area contributed by atoms with Gasteiger partial charge in [0.15, 0.2) is 0 Å². The van der Waals surface area contributed by atoms with E-state index in [-0.39, 0.29) is 17.9 Å². The molecule has 0 fully saturated rings. The van der Waals surface area contributed by atoms with Gasteiger partial charge in [-0.3, -0.25) is 5.32 Å². The molecule has 0 aliphatic rings. The molecule has 2 amide bonds. The lowest BCUT2D eigenvalue weighted by Crippen LogP contribution is -2.34. The second kappa shape index (κ2) is 6.69. The summed E-state index contributed by atoms with van der Waals surface area (Å²) in [5, 5.41) is 8.43. The molecule has 0 aliphatic carbocycles. The van der Waals surface area contributed by atoms with Crippen LogP contribution in [0.3, 0.4) is 0 Å². The van der Waals surface area contributed by atoms with Crippen LogP contribution in [0.15, 0.2) is 42.6 Å². The van der Waals surface area contributed by atoms with Gasteiger partial charge in [-0.1, -0.05) is 0 Å². The van der Waals surface area contributed by atoms with Crippen molar-refractivity contribution in [2.75, 3.05) is 10.6 Å². The van der Waals surface area contributed by atoms with Crippen molar-refractivity contribution in [3.8, 4) is 0 Å². The number of halogens is 1. The predicted molar refractivity (Wildman–Crippen MR) is 81.2 cm³/mol. The Morgan fingerprint density at radius 3 is 2.33 bits per heavy atom. The second-order valence-corrected chi connectivity index (χ2v) is 4.82. The normalized spacial score (nSPS) is 10.3. The van der Waals surface area contributed by atoms with Crippen LogP contribution < -0.4 is 16.0 Å². The van der Waals surface area contributed by atoms with E-state index < -0.39 is 0 Å². The van der Waals surface area contributed by atoms with Crippen LogP contribution in [-0.4, -0.2) is 17.1 Å². The molecule has 0 unspecified atom stereocenters. The van der Waals surface area contributed by atoms with Gasteiger partial charge in [-0.2, -0.15) is 0 Å². The van der Waals surface area contributed by atoms with E-state index in [9.17, 15) is 9.18 Å². The van der Waals surface area contributed by atoms with E-state index >= 15 is 0 Å². The average Bonchev–Trinajstić information content (AvgIpc) is 2.42. The second-order valence-electron chi connectivity index (χ2n) is 4.82. The van der Waals surface area contributed by atoms with E-state index in [4.69, 9.17) is 0 Å². The summed E-state index contributed by atoms with van der Waals surface area (Å²) in [5.74, 6) is 0.173. The smallest absolute Gasteiger partial charge is 0.320 e. The van der Waals surface area contributed by atoms with Crippen molar-refractivity contribution in [3.63, 3.8) is 0 Å². The van der Waals surface area contributed by atoms with Crippen molar-refractivity contribution >= 4 is 23.2 Å². The number of amides is 2. The van der Waals surface area contributed by atoms with Crippen LogP contribution in [-0.2, 0) is 0 Å². The van der Waals surface area contributed by atoms with Gasteiger partial charge in [0.1, 0.15) is 11.6 Å².